The minimum Gasteiger partial charge on any atom is -0.427 e. The average molecular weight is 384 g/mol. The highest BCUT2D eigenvalue weighted by atomic mass is 19.1. The molecule has 0 aromatic heterocycles. The third kappa shape index (κ3) is 7.03. The lowest BCUT2D eigenvalue weighted by Crippen LogP contribution is -2.29. The summed E-state index contributed by atoms with van der Waals surface area (Å²) in [6.45, 7) is 1.99. The lowest BCUT2D eigenvalue weighted by molar-refractivity contribution is -0.131. The van der Waals surface area contributed by atoms with E-state index in [4.69, 9.17) is 4.74 Å². The van der Waals surface area contributed by atoms with Crippen molar-refractivity contribution in [2.75, 3.05) is 13.1 Å². The highest BCUT2D eigenvalue weighted by Crippen LogP contribution is 2.13. The van der Waals surface area contributed by atoms with Crippen LogP contribution >= 0.6 is 0 Å². The molecule has 0 aliphatic carbocycles. The highest BCUT2D eigenvalue weighted by molar-refractivity contribution is 5.94. The van der Waals surface area contributed by atoms with Gasteiger partial charge in [-0.2, -0.15) is 0 Å². The van der Waals surface area contributed by atoms with Crippen LogP contribution in [0.25, 0.3) is 6.08 Å². The zero-order valence-corrected chi connectivity index (χ0v) is 15.4. The number of benzene rings is 2. The van der Waals surface area contributed by atoms with E-state index in [0.717, 1.165) is 0 Å². The summed E-state index contributed by atoms with van der Waals surface area (Å²) in [6, 6.07) is 12.5. The predicted molar refractivity (Wildman–Crippen MR) is 103 cm³/mol. The van der Waals surface area contributed by atoms with E-state index in [1.54, 1.807) is 36.4 Å². The van der Waals surface area contributed by atoms with Crippen molar-refractivity contribution in [3.05, 3.63) is 71.6 Å². The van der Waals surface area contributed by atoms with Gasteiger partial charge in [0.25, 0.3) is 5.91 Å². The van der Waals surface area contributed by atoms with Gasteiger partial charge in [-0.1, -0.05) is 24.3 Å². The Bertz CT molecular complexity index is 880. The van der Waals surface area contributed by atoms with Crippen molar-refractivity contribution >= 4 is 23.9 Å². The predicted octanol–water partition coefficient (Wildman–Crippen LogP) is 2.70. The number of halogens is 1. The van der Waals surface area contributed by atoms with E-state index in [-0.39, 0.29) is 11.8 Å². The Morgan fingerprint density at radius 1 is 1.04 bits per heavy atom. The molecule has 0 saturated carbocycles. The molecule has 0 atom stereocenters. The van der Waals surface area contributed by atoms with E-state index >= 15 is 0 Å². The lowest BCUT2D eigenvalue weighted by Gasteiger charge is -2.07. The molecule has 2 aromatic carbocycles. The second kappa shape index (κ2) is 10.6. The molecule has 7 heteroatoms. The van der Waals surface area contributed by atoms with Crippen LogP contribution in [0.4, 0.5) is 4.39 Å². The number of amides is 2. The molecule has 28 heavy (non-hydrogen) atoms. The van der Waals surface area contributed by atoms with Crippen molar-refractivity contribution in [2.24, 2.45) is 0 Å². The van der Waals surface area contributed by atoms with Gasteiger partial charge in [0.2, 0.25) is 5.91 Å². The van der Waals surface area contributed by atoms with Crippen LogP contribution in [0, 0.1) is 5.82 Å². The molecule has 0 unspecified atom stereocenters. The molecule has 0 aliphatic rings. The first kappa shape index (κ1) is 20.8. The van der Waals surface area contributed by atoms with Crippen LogP contribution in [0.1, 0.15) is 29.3 Å². The summed E-state index contributed by atoms with van der Waals surface area (Å²) < 4.78 is 18.4. The van der Waals surface area contributed by atoms with Crippen molar-refractivity contribution in [1.29, 1.82) is 0 Å². The number of rotatable bonds is 8. The summed E-state index contributed by atoms with van der Waals surface area (Å²) in [5, 5.41) is 5.38. The highest BCUT2D eigenvalue weighted by Gasteiger charge is 2.07. The maximum absolute atomic E-state index is 13.4. The van der Waals surface area contributed by atoms with Crippen LogP contribution in [0.15, 0.2) is 54.6 Å². The van der Waals surface area contributed by atoms with E-state index in [1.807, 2.05) is 0 Å². The summed E-state index contributed by atoms with van der Waals surface area (Å²) in [5.74, 6) is -1.21. The van der Waals surface area contributed by atoms with Crippen LogP contribution in [0.3, 0.4) is 0 Å². The first-order valence-corrected chi connectivity index (χ1v) is 8.73. The molecule has 0 radical (unpaired) electrons. The molecule has 0 saturated heterocycles. The SMILES string of the molecule is CC(=O)Oc1cccc(C(=O)NCCCNC(=O)/C=C/c2ccccc2F)c1. The van der Waals surface area contributed by atoms with Gasteiger partial charge < -0.3 is 15.4 Å². The topological polar surface area (TPSA) is 84.5 Å². The second-order valence-electron chi connectivity index (χ2n) is 5.88. The molecular formula is C21H21FN2O4. The quantitative estimate of drug-likeness (QED) is 0.317. The third-order valence-electron chi connectivity index (χ3n) is 3.62. The largest absolute Gasteiger partial charge is 0.427 e. The van der Waals surface area contributed by atoms with Crippen molar-refractivity contribution in [1.82, 2.24) is 10.6 Å². The van der Waals surface area contributed by atoms with Crippen LogP contribution in [-0.2, 0) is 9.59 Å². The Kier molecular flexibility index (Phi) is 7.90. The van der Waals surface area contributed by atoms with Crippen LogP contribution < -0.4 is 15.4 Å². The fourth-order valence-corrected chi connectivity index (χ4v) is 2.31. The maximum Gasteiger partial charge on any atom is 0.308 e. The Labute approximate surface area is 162 Å². The van der Waals surface area contributed by atoms with E-state index < -0.39 is 11.8 Å². The molecule has 0 bridgehead atoms. The van der Waals surface area contributed by atoms with Crippen LogP contribution in [0.2, 0.25) is 0 Å². The molecule has 6 nitrogen and oxygen atoms in total. The van der Waals surface area contributed by atoms with Crippen molar-refractivity contribution < 1.29 is 23.5 Å². The second-order valence-corrected chi connectivity index (χ2v) is 5.88. The lowest BCUT2D eigenvalue weighted by atomic mass is 10.2. The van der Waals surface area contributed by atoms with E-state index in [2.05, 4.69) is 10.6 Å². The number of esters is 1. The molecule has 2 rings (SSSR count). The van der Waals surface area contributed by atoms with Gasteiger partial charge in [0.1, 0.15) is 11.6 Å². The van der Waals surface area contributed by atoms with Crippen molar-refractivity contribution in [3.8, 4) is 5.75 Å². The van der Waals surface area contributed by atoms with Gasteiger partial charge in [0.15, 0.2) is 0 Å². The van der Waals surface area contributed by atoms with Gasteiger partial charge in [-0.3, -0.25) is 14.4 Å². The number of ether oxygens (including phenoxy) is 1. The number of carbonyl (C=O) groups excluding carboxylic acids is 3. The molecule has 2 N–H and O–H groups in total. The Morgan fingerprint density at radius 3 is 2.54 bits per heavy atom. The summed E-state index contributed by atoms with van der Waals surface area (Å²) >= 11 is 0. The minimum atomic E-state index is -0.461. The fourth-order valence-electron chi connectivity index (χ4n) is 2.31. The van der Waals surface area contributed by atoms with E-state index in [0.29, 0.717) is 36.4 Å². The van der Waals surface area contributed by atoms with E-state index in [1.165, 1.54) is 31.2 Å². The smallest absolute Gasteiger partial charge is 0.308 e. The Balaban J connectivity index is 1.70. The first-order valence-electron chi connectivity index (χ1n) is 8.73. The molecule has 2 amide bonds. The Hall–Kier alpha value is -3.48. The van der Waals surface area contributed by atoms with Gasteiger partial charge in [-0.15, -0.1) is 0 Å². The summed E-state index contributed by atoms with van der Waals surface area (Å²) in [6.07, 6.45) is 3.19. The van der Waals surface area contributed by atoms with Gasteiger partial charge >= 0.3 is 5.97 Å². The standard InChI is InChI=1S/C21H21FN2O4/c1-15(25)28-18-8-4-7-17(14-18)21(27)24-13-5-12-23-20(26)11-10-16-6-2-3-9-19(16)22/h2-4,6-11,14H,5,12-13H2,1H3,(H,23,26)(H,24,27)/b11-10+. The number of carbonyl (C=O) groups is 3. The number of hydrogen-bond donors (Lipinski definition) is 2. The number of hydrogen-bond acceptors (Lipinski definition) is 4. The van der Waals surface area contributed by atoms with Gasteiger partial charge in [-0.05, 0) is 36.8 Å². The molecule has 2 aromatic rings. The van der Waals surface area contributed by atoms with E-state index in [9.17, 15) is 18.8 Å². The molecule has 0 fully saturated rings. The normalized spacial score (nSPS) is 10.5. The fraction of sp³-hybridized carbons (Fsp3) is 0.190. The minimum absolute atomic E-state index is 0.300. The molecule has 146 valence electrons. The van der Waals surface area contributed by atoms with Gasteiger partial charge in [-0.25, -0.2) is 4.39 Å². The summed E-state index contributed by atoms with van der Waals surface area (Å²) in [4.78, 5) is 34.8. The molecule has 0 aliphatic heterocycles. The molecule has 0 spiro atoms. The number of nitrogens with one attached hydrogen (secondary N) is 2. The zero-order chi connectivity index (χ0) is 20.4. The van der Waals surface area contributed by atoms with Crippen molar-refractivity contribution in [2.45, 2.75) is 13.3 Å². The average Bonchev–Trinajstić information content (AvgIpc) is 2.66. The maximum atomic E-state index is 13.4. The third-order valence-corrected chi connectivity index (χ3v) is 3.62. The van der Waals surface area contributed by atoms with Gasteiger partial charge in [0, 0.05) is 37.2 Å². The van der Waals surface area contributed by atoms with Gasteiger partial charge in [0.05, 0.1) is 0 Å². The monoisotopic (exact) mass is 384 g/mol. The Morgan fingerprint density at radius 2 is 1.79 bits per heavy atom. The summed E-state index contributed by atoms with van der Waals surface area (Å²) in [7, 11) is 0. The molecule has 0 heterocycles. The van der Waals surface area contributed by atoms with Crippen molar-refractivity contribution in [3.63, 3.8) is 0 Å². The van der Waals surface area contributed by atoms with Crippen LogP contribution in [0.5, 0.6) is 5.75 Å². The zero-order valence-electron chi connectivity index (χ0n) is 15.4. The first-order chi connectivity index (χ1) is 13.5. The summed E-state index contributed by atoms with van der Waals surface area (Å²) in [5.41, 5.74) is 0.705. The molecular weight excluding hydrogens is 363 g/mol. The van der Waals surface area contributed by atoms with Crippen LogP contribution in [-0.4, -0.2) is 30.9 Å².